The molecule has 0 saturated carbocycles. The largest absolute Gasteiger partial charge is 0.481 e. The Morgan fingerprint density at radius 1 is 1.00 bits per heavy atom. The normalized spacial score (nSPS) is 10.4. The van der Waals surface area contributed by atoms with E-state index in [9.17, 15) is 0 Å². The van der Waals surface area contributed by atoms with Crippen molar-refractivity contribution < 1.29 is 4.74 Å². The summed E-state index contributed by atoms with van der Waals surface area (Å²) in [7, 11) is 1.54. The van der Waals surface area contributed by atoms with Crippen LogP contribution in [0.25, 0.3) is 11.1 Å². The van der Waals surface area contributed by atoms with Crippen molar-refractivity contribution in [3.63, 3.8) is 0 Å². The van der Waals surface area contributed by atoms with Gasteiger partial charge >= 0.3 is 0 Å². The summed E-state index contributed by atoms with van der Waals surface area (Å²) in [5.74, 6) is 0.457. The van der Waals surface area contributed by atoms with Gasteiger partial charge in [0.1, 0.15) is 0 Å². The van der Waals surface area contributed by atoms with E-state index in [0.29, 0.717) is 26.5 Å². The smallest absolute Gasteiger partial charge is 0.221 e. The molecule has 2 aromatic rings. The van der Waals surface area contributed by atoms with Crippen LogP contribution in [0.5, 0.6) is 5.88 Å². The van der Waals surface area contributed by atoms with Crippen LogP contribution in [0, 0.1) is 0 Å². The zero-order valence-corrected chi connectivity index (χ0v) is 11.1. The van der Waals surface area contributed by atoms with Crippen molar-refractivity contribution >= 4 is 34.8 Å². The number of nitrogens with zero attached hydrogens (tertiary/aromatic N) is 1. The van der Waals surface area contributed by atoms with Gasteiger partial charge < -0.3 is 4.74 Å². The predicted molar refractivity (Wildman–Crippen MR) is 71.3 cm³/mol. The lowest BCUT2D eigenvalue weighted by Gasteiger charge is -2.09. The lowest BCUT2D eigenvalue weighted by Crippen LogP contribution is -1.92. The van der Waals surface area contributed by atoms with E-state index in [1.54, 1.807) is 24.3 Å². The van der Waals surface area contributed by atoms with Gasteiger partial charge in [-0.1, -0.05) is 34.8 Å². The van der Waals surface area contributed by atoms with Crippen molar-refractivity contribution in [2.75, 3.05) is 7.11 Å². The highest BCUT2D eigenvalue weighted by Gasteiger charge is 2.12. The number of halogens is 3. The van der Waals surface area contributed by atoms with Crippen LogP contribution in [0.15, 0.2) is 30.5 Å². The van der Waals surface area contributed by atoms with Crippen LogP contribution < -0.4 is 4.74 Å². The first kappa shape index (κ1) is 12.5. The molecule has 1 heterocycles. The quantitative estimate of drug-likeness (QED) is 0.798. The Bertz CT molecular complexity index is 557. The molecule has 88 valence electrons. The molecule has 0 radical (unpaired) electrons. The van der Waals surface area contributed by atoms with E-state index in [-0.39, 0.29) is 0 Å². The van der Waals surface area contributed by atoms with Crippen LogP contribution in [-0.4, -0.2) is 12.1 Å². The van der Waals surface area contributed by atoms with E-state index in [1.165, 1.54) is 13.3 Å². The lowest BCUT2D eigenvalue weighted by molar-refractivity contribution is 0.399. The van der Waals surface area contributed by atoms with Gasteiger partial charge in [0.15, 0.2) is 0 Å². The zero-order valence-electron chi connectivity index (χ0n) is 8.88. The van der Waals surface area contributed by atoms with Crippen LogP contribution >= 0.6 is 34.8 Å². The number of methoxy groups -OCH3 is 1. The summed E-state index contributed by atoms with van der Waals surface area (Å²) in [6, 6.07) is 6.93. The summed E-state index contributed by atoms with van der Waals surface area (Å²) in [5, 5.41) is 1.67. The van der Waals surface area contributed by atoms with Gasteiger partial charge in [-0.15, -0.1) is 0 Å². The maximum absolute atomic E-state index is 6.13. The Kier molecular flexibility index (Phi) is 3.77. The van der Waals surface area contributed by atoms with Gasteiger partial charge in [-0.25, -0.2) is 4.98 Å². The predicted octanol–water partition coefficient (Wildman–Crippen LogP) is 4.72. The van der Waals surface area contributed by atoms with Gasteiger partial charge in [-0.3, -0.25) is 0 Å². The number of aromatic nitrogens is 1. The summed E-state index contributed by atoms with van der Waals surface area (Å²) in [6.45, 7) is 0. The average molecular weight is 289 g/mol. The molecule has 0 unspecified atom stereocenters. The molecule has 0 atom stereocenters. The van der Waals surface area contributed by atoms with Crippen molar-refractivity contribution in [1.82, 2.24) is 4.98 Å². The molecule has 0 saturated heterocycles. The molecule has 0 spiro atoms. The zero-order chi connectivity index (χ0) is 12.4. The second-order valence-corrected chi connectivity index (χ2v) is 4.61. The van der Waals surface area contributed by atoms with Crippen LogP contribution in [0.3, 0.4) is 0 Å². The van der Waals surface area contributed by atoms with E-state index in [2.05, 4.69) is 4.98 Å². The number of hydrogen-bond donors (Lipinski definition) is 0. The highest BCUT2D eigenvalue weighted by atomic mass is 35.5. The SMILES string of the molecule is COc1ncc(Cl)cc1-c1cc(Cl)ccc1Cl. The molecule has 0 aliphatic carbocycles. The molecule has 5 heteroatoms. The van der Waals surface area contributed by atoms with Gasteiger partial charge in [0.05, 0.1) is 12.1 Å². The molecule has 1 aromatic carbocycles. The van der Waals surface area contributed by atoms with Crippen LogP contribution in [0.4, 0.5) is 0 Å². The molecule has 0 amide bonds. The van der Waals surface area contributed by atoms with Crippen molar-refractivity contribution in [2.24, 2.45) is 0 Å². The van der Waals surface area contributed by atoms with Gasteiger partial charge in [0.25, 0.3) is 0 Å². The molecule has 0 aliphatic heterocycles. The summed E-state index contributed by atoms with van der Waals surface area (Å²) in [6.07, 6.45) is 1.52. The fraction of sp³-hybridized carbons (Fsp3) is 0.0833. The van der Waals surface area contributed by atoms with E-state index in [4.69, 9.17) is 39.5 Å². The average Bonchev–Trinajstić information content (AvgIpc) is 2.32. The van der Waals surface area contributed by atoms with E-state index < -0.39 is 0 Å². The molecule has 1 aromatic heterocycles. The first-order valence-corrected chi connectivity index (χ1v) is 5.90. The standard InChI is InChI=1S/C12H8Cl3NO/c1-17-12-10(5-8(14)6-16-12)9-4-7(13)2-3-11(9)15/h2-6H,1H3. The number of rotatable bonds is 2. The van der Waals surface area contributed by atoms with Gasteiger partial charge in [-0.05, 0) is 24.3 Å². The number of hydrogen-bond acceptors (Lipinski definition) is 2. The second-order valence-electron chi connectivity index (χ2n) is 3.33. The Morgan fingerprint density at radius 3 is 2.41 bits per heavy atom. The fourth-order valence-electron chi connectivity index (χ4n) is 1.49. The topological polar surface area (TPSA) is 22.1 Å². The Labute approximate surface area is 114 Å². The molecule has 0 fully saturated rings. The summed E-state index contributed by atoms with van der Waals surface area (Å²) in [5.41, 5.74) is 1.46. The minimum absolute atomic E-state index is 0.457. The number of benzene rings is 1. The van der Waals surface area contributed by atoms with Crippen LogP contribution in [0.2, 0.25) is 15.1 Å². The third kappa shape index (κ3) is 2.65. The van der Waals surface area contributed by atoms with E-state index in [1.807, 2.05) is 0 Å². The first-order chi connectivity index (χ1) is 8.11. The van der Waals surface area contributed by atoms with Crippen molar-refractivity contribution in [2.45, 2.75) is 0 Å². The Hall–Kier alpha value is -0.960. The van der Waals surface area contributed by atoms with Crippen molar-refractivity contribution in [3.8, 4) is 17.0 Å². The molecule has 17 heavy (non-hydrogen) atoms. The monoisotopic (exact) mass is 287 g/mol. The van der Waals surface area contributed by atoms with E-state index in [0.717, 1.165) is 5.56 Å². The van der Waals surface area contributed by atoms with Crippen molar-refractivity contribution in [3.05, 3.63) is 45.5 Å². The highest BCUT2D eigenvalue weighted by molar-refractivity contribution is 6.35. The van der Waals surface area contributed by atoms with Gasteiger partial charge in [0, 0.05) is 27.4 Å². The molecular weight excluding hydrogens is 280 g/mol. The molecule has 2 nitrogen and oxygen atoms in total. The number of pyridine rings is 1. The third-order valence-corrected chi connectivity index (χ3v) is 3.00. The molecular formula is C12H8Cl3NO. The highest BCUT2D eigenvalue weighted by Crippen LogP contribution is 2.36. The minimum Gasteiger partial charge on any atom is -0.481 e. The van der Waals surface area contributed by atoms with Gasteiger partial charge in [-0.2, -0.15) is 0 Å². The first-order valence-electron chi connectivity index (χ1n) is 4.77. The molecule has 0 N–H and O–H groups in total. The maximum atomic E-state index is 6.13. The van der Waals surface area contributed by atoms with Crippen LogP contribution in [-0.2, 0) is 0 Å². The Morgan fingerprint density at radius 2 is 1.71 bits per heavy atom. The summed E-state index contributed by atoms with van der Waals surface area (Å²) >= 11 is 18.0. The minimum atomic E-state index is 0.457. The third-order valence-electron chi connectivity index (χ3n) is 2.23. The molecule has 0 bridgehead atoms. The molecule has 0 aliphatic rings. The second kappa shape index (κ2) is 5.13. The maximum Gasteiger partial charge on any atom is 0.221 e. The van der Waals surface area contributed by atoms with E-state index >= 15 is 0 Å². The van der Waals surface area contributed by atoms with Crippen LogP contribution in [0.1, 0.15) is 0 Å². The molecule has 2 rings (SSSR count). The Balaban J connectivity index is 2.66. The van der Waals surface area contributed by atoms with Gasteiger partial charge in [0.2, 0.25) is 5.88 Å². The van der Waals surface area contributed by atoms with Crippen molar-refractivity contribution in [1.29, 1.82) is 0 Å². The summed E-state index contributed by atoms with van der Waals surface area (Å²) in [4.78, 5) is 4.09. The summed E-state index contributed by atoms with van der Waals surface area (Å²) < 4.78 is 5.18. The fourth-order valence-corrected chi connectivity index (χ4v) is 2.04. The number of ether oxygens (including phenoxy) is 1. The lowest BCUT2D eigenvalue weighted by atomic mass is 10.1.